The summed E-state index contributed by atoms with van der Waals surface area (Å²) in [6.45, 7) is 0. The number of hydrogen-bond acceptors (Lipinski definition) is 3. The number of benzene rings is 2. The van der Waals surface area contributed by atoms with E-state index >= 15 is 0 Å². The van der Waals surface area contributed by atoms with Crippen LogP contribution in [-0.4, -0.2) is 0 Å². The van der Waals surface area contributed by atoms with Gasteiger partial charge in [-0.2, -0.15) is 0 Å². The van der Waals surface area contributed by atoms with Gasteiger partial charge in [-0.25, -0.2) is 17.6 Å². The summed E-state index contributed by atoms with van der Waals surface area (Å²) in [6, 6.07) is 8.40. The van der Waals surface area contributed by atoms with Crippen LogP contribution < -0.4 is 0 Å². The van der Waals surface area contributed by atoms with Crippen LogP contribution in [0.25, 0.3) is 0 Å². The molecule has 2 unspecified atom stereocenters. The minimum atomic E-state index is -3.49. The first-order chi connectivity index (χ1) is 10.5. The van der Waals surface area contributed by atoms with Crippen LogP contribution in [0.5, 0.6) is 0 Å². The van der Waals surface area contributed by atoms with Crippen LogP contribution in [0, 0.1) is 11.6 Å². The molecule has 0 aliphatic rings. The Morgan fingerprint density at radius 3 is 1.36 bits per heavy atom. The summed E-state index contributed by atoms with van der Waals surface area (Å²) in [5.74, 6) is -1.14. The minimum absolute atomic E-state index is 0.0828. The van der Waals surface area contributed by atoms with Gasteiger partial charge in [0.15, 0.2) is 0 Å². The smallest absolute Gasteiger partial charge is 0.271 e. The molecular formula is C14H11F4O3P. The van der Waals surface area contributed by atoms with E-state index in [4.69, 9.17) is 0 Å². The van der Waals surface area contributed by atoms with Crippen molar-refractivity contribution in [3.05, 3.63) is 71.3 Å². The van der Waals surface area contributed by atoms with Crippen molar-refractivity contribution < 1.29 is 31.2 Å². The summed E-state index contributed by atoms with van der Waals surface area (Å²) < 4.78 is 72.9. The third kappa shape index (κ3) is 4.66. The molecule has 2 atom stereocenters. The summed E-state index contributed by atoms with van der Waals surface area (Å²) in [7, 11) is -3.49. The summed E-state index contributed by atoms with van der Waals surface area (Å²) in [5.41, 5.74) is -0.166. The first kappa shape index (κ1) is 16.7. The van der Waals surface area contributed by atoms with Gasteiger partial charge >= 0.3 is 8.25 Å². The average molecular weight is 334 g/mol. The maximum absolute atomic E-state index is 13.7. The summed E-state index contributed by atoms with van der Waals surface area (Å²) >= 11 is 0. The number of alkyl halides is 2. The van der Waals surface area contributed by atoms with E-state index in [1.807, 2.05) is 0 Å². The molecule has 0 heterocycles. The molecule has 2 aromatic rings. The fraction of sp³-hybridized carbons (Fsp3) is 0.143. The van der Waals surface area contributed by atoms with E-state index in [1.165, 1.54) is 0 Å². The molecule has 0 saturated carbocycles. The van der Waals surface area contributed by atoms with Gasteiger partial charge in [-0.15, -0.1) is 0 Å². The first-order valence-corrected chi connectivity index (χ1v) is 7.34. The lowest BCUT2D eigenvalue weighted by Crippen LogP contribution is -1.97. The fourth-order valence-corrected chi connectivity index (χ4v) is 2.23. The van der Waals surface area contributed by atoms with E-state index < -0.39 is 32.6 Å². The highest BCUT2D eigenvalue weighted by Crippen LogP contribution is 2.39. The zero-order valence-electron chi connectivity index (χ0n) is 11.0. The van der Waals surface area contributed by atoms with Crippen molar-refractivity contribution in [3.63, 3.8) is 0 Å². The Bertz CT molecular complexity index is 578. The molecule has 2 aromatic carbocycles. The van der Waals surface area contributed by atoms with Gasteiger partial charge in [0.1, 0.15) is 11.6 Å². The molecular weight excluding hydrogens is 323 g/mol. The quantitative estimate of drug-likeness (QED) is 0.549. The van der Waals surface area contributed by atoms with Crippen molar-refractivity contribution in [1.82, 2.24) is 0 Å². The molecule has 0 aliphatic heterocycles. The Morgan fingerprint density at radius 1 is 0.727 bits per heavy atom. The van der Waals surface area contributed by atoms with E-state index in [0.717, 1.165) is 48.5 Å². The van der Waals surface area contributed by atoms with Gasteiger partial charge in [0.2, 0.25) is 12.7 Å². The monoisotopic (exact) mass is 334 g/mol. The van der Waals surface area contributed by atoms with Gasteiger partial charge in [0.25, 0.3) is 0 Å². The number of hydrogen-bond donors (Lipinski definition) is 0. The Balaban J connectivity index is 1.91. The molecule has 118 valence electrons. The van der Waals surface area contributed by atoms with Crippen LogP contribution in [0.2, 0.25) is 0 Å². The SMILES string of the molecule is O=[PH](OC(F)c1ccc(F)cc1)OC(F)c1ccc(F)cc1. The second-order valence-electron chi connectivity index (χ2n) is 4.22. The highest BCUT2D eigenvalue weighted by Gasteiger charge is 2.19. The van der Waals surface area contributed by atoms with Crippen molar-refractivity contribution >= 4 is 8.25 Å². The normalized spacial score (nSPS) is 15.3. The molecule has 0 fully saturated rings. The fourth-order valence-electron chi connectivity index (χ4n) is 1.56. The minimum Gasteiger partial charge on any atom is -0.271 e. The van der Waals surface area contributed by atoms with E-state index in [-0.39, 0.29) is 11.1 Å². The average Bonchev–Trinajstić information content (AvgIpc) is 2.48. The zero-order valence-corrected chi connectivity index (χ0v) is 12.0. The Hall–Kier alpha value is -1.69. The van der Waals surface area contributed by atoms with Crippen molar-refractivity contribution in [2.75, 3.05) is 0 Å². The van der Waals surface area contributed by atoms with Gasteiger partial charge in [0.05, 0.1) is 0 Å². The summed E-state index contributed by atoms with van der Waals surface area (Å²) in [5, 5.41) is 0. The Kier molecular flexibility index (Phi) is 5.71. The third-order valence-corrected chi connectivity index (χ3v) is 3.46. The third-order valence-electron chi connectivity index (χ3n) is 2.66. The molecule has 0 aliphatic carbocycles. The number of rotatable bonds is 6. The topological polar surface area (TPSA) is 35.5 Å². The zero-order chi connectivity index (χ0) is 16.1. The second kappa shape index (κ2) is 7.54. The molecule has 3 nitrogen and oxygen atoms in total. The molecule has 0 N–H and O–H groups in total. The highest BCUT2D eigenvalue weighted by molar-refractivity contribution is 7.33. The summed E-state index contributed by atoms with van der Waals surface area (Å²) in [4.78, 5) is 0. The van der Waals surface area contributed by atoms with E-state index in [1.54, 1.807) is 0 Å². The first-order valence-electron chi connectivity index (χ1n) is 6.12. The molecule has 0 amide bonds. The molecule has 22 heavy (non-hydrogen) atoms. The van der Waals surface area contributed by atoms with Crippen molar-refractivity contribution in [1.29, 1.82) is 0 Å². The molecule has 0 radical (unpaired) electrons. The lowest BCUT2D eigenvalue weighted by molar-refractivity contribution is 0.0127. The van der Waals surface area contributed by atoms with E-state index in [2.05, 4.69) is 9.05 Å². The lowest BCUT2D eigenvalue weighted by atomic mass is 10.2. The van der Waals surface area contributed by atoms with Crippen LogP contribution in [-0.2, 0) is 13.6 Å². The van der Waals surface area contributed by atoms with Crippen molar-refractivity contribution in [2.45, 2.75) is 12.7 Å². The van der Waals surface area contributed by atoms with Crippen LogP contribution in [0.3, 0.4) is 0 Å². The molecule has 0 spiro atoms. The van der Waals surface area contributed by atoms with Gasteiger partial charge in [-0.1, -0.05) is 24.3 Å². The van der Waals surface area contributed by atoms with Crippen LogP contribution >= 0.6 is 8.25 Å². The Morgan fingerprint density at radius 2 is 1.05 bits per heavy atom. The van der Waals surface area contributed by atoms with Crippen molar-refractivity contribution in [2.24, 2.45) is 0 Å². The largest absolute Gasteiger partial charge is 0.324 e. The van der Waals surface area contributed by atoms with Crippen LogP contribution in [0.15, 0.2) is 48.5 Å². The number of halogens is 4. The predicted molar refractivity (Wildman–Crippen MR) is 71.7 cm³/mol. The van der Waals surface area contributed by atoms with Crippen LogP contribution in [0.4, 0.5) is 17.6 Å². The molecule has 0 saturated heterocycles. The van der Waals surface area contributed by atoms with Gasteiger partial charge in [-0.3, -0.25) is 13.6 Å². The van der Waals surface area contributed by atoms with E-state index in [0.29, 0.717) is 0 Å². The van der Waals surface area contributed by atoms with Crippen LogP contribution in [0.1, 0.15) is 23.8 Å². The van der Waals surface area contributed by atoms with E-state index in [9.17, 15) is 22.1 Å². The van der Waals surface area contributed by atoms with Gasteiger partial charge < -0.3 is 0 Å². The highest BCUT2D eigenvalue weighted by atomic mass is 31.1. The summed E-state index contributed by atoms with van der Waals surface area (Å²) in [6.07, 6.45) is -4.29. The van der Waals surface area contributed by atoms with Gasteiger partial charge in [0, 0.05) is 11.1 Å². The lowest BCUT2D eigenvalue weighted by Gasteiger charge is -2.13. The molecule has 0 bridgehead atoms. The molecule has 0 aromatic heterocycles. The molecule has 2 rings (SSSR count). The standard InChI is InChI=1S/C14H11F4O3P/c15-11-5-1-9(2-6-11)13(17)20-22(19)21-14(18)10-3-7-12(16)8-4-10/h1-8,13-14,22H. The van der Waals surface area contributed by atoms with Gasteiger partial charge in [-0.05, 0) is 24.3 Å². The Labute approximate surface area is 124 Å². The molecule has 8 heteroatoms. The van der Waals surface area contributed by atoms with Crippen molar-refractivity contribution in [3.8, 4) is 0 Å². The maximum Gasteiger partial charge on any atom is 0.324 e. The predicted octanol–water partition coefficient (Wildman–Crippen LogP) is 5.02. The maximum atomic E-state index is 13.7. The second-order valence-corrected chi connectivity index (χ2v) is 5.19.